The molecule has 3 fully saturated rings. The van der Waals surface area contributed by atoms with E-state index in [9.17, 15) is 4.79 Å². The van der Waals surface area contributed by atoms with E-state index in [-0.39, 0.29) is 18.0 Å². The summed E-state index contributed by atoms with van der Waals surface area (Å²) in [6.45, 7) is 2.23. The van der Waals surface area contributed by atoms with Crippen molar-refractivity contribution in [1.82, 2.24) is 29.2 Å². The second-order valence-corrected chi connectivity index (χ2v) is 9.47. The molecule has 3 aliphatic rings. The van der Waals surface area contributed by atoms with Gasteiger partial charge in [0.1, 0.15) is 17.0 Å². The Bertz CT molecular complexity index is 1390. The van der Waals surface area contributed by atoms with Crippen molar-refractivity contribution in [1.29, 1.82) is 0 Å². The first-order chi connectivity index (χ1) is 17.1. The van der Waals surface area contributed by atoms with Crippen LogP contribution in [-0.4, -0.2) is 67.3 Å². The lowest BCUT2D eigenvalue weighted by Gasteiger charge is -2.51. The molecule has 0 saturated carbocycles. The van der Waals surface area contributed by atoms with Crippen molar-refractivity contribution in [2.75, 3.05) is 20.2 Å². The number of imidazole rings is 1. The van der Waals surface area contributed by atoms with Crippen LogP contribution in [0.3, 0.4) is 0 Å². The minimum Gasteiger partial charge on any atom is -0.481 e. The highest BCUT2D eigenvalue weighted by atomic mass is 35.5. The van der Waals surface area contributed by atoms with Gasteiger partial charge in [-0.15, -0.1) is 0 Å². The van der Waals surface area contributed by atoms with Crippen LogP contribution in [0.5, 0.6) is 5.88 Å². The fraction of sp³-hybridized carbons (Fsp3) is 0.308. The van der Waals surface area contributed by atoms with Crippen molar-refractivity contribution in [2.45, 2.75) is 31.5 Å². The number of aromatic nitrogens is 4. The summed E-state index contributed by atoms with van der Waals surface area (Å²) in [6, 6.07) is 15.5. The summed E-state index contributed by atoms with van der Waals surface area (Å²) in [5.74, 6) is 0.426. The standard InChI is InChI=1S/C26H25ClN6O2/c1-35-24-7-4-5-21(29-24)26(34)33-15-18-9-10-19(33)14-31(18)16-22-25(20-11-8-17(27)13-28-20)30-23-6-2-3-12-32(22)23/h2-8,11-13,18-19H,9-10,14-16H2,1H3. The van der Waals surface area contributed by atoms with Gasteiger partial charge in [0.15, 0.2) is 0 Å². The molecule has 178 valence electrons. The van der Waals surface area contributed by atoms with E-state index < -0.39 is 0 Å². The highest BCUT2D eigenvalue weighted by Gasteiger charge is 2.42. The smallest absolute Gasteiger partial charge is 0.272 e. The summed E-state index contributed by atoms with van der Waals surface area (Å²) in [4.78, 5) is 31.5. The van der Waals surface area contributed by atoms with Crippen molar-refractivity contribution < 1.29 is 9.53 Å². The fourth-order valence-corrected chi connectivity index (χ4v) is 5.38. The summed E-state index contributed by atoms with van der Waals surface area (Å²) in [6.07, 6.45) is 5.76. The van der Waals surface area contributed by atoms with Crippen LogP contribution in [0.2, 0.25) is 5.02 Å². The van der Waals surface area contributed by atoms with Gasteiger partial charge in [-0.05, 0) is 43.2 Å². The molecular weight excluding hydrogens is 464 g/mol. The minimum absolute atomic E-state index is 0.0286. The Morgan fingerprint density at radius 3 is 2.71 bits per heavy atom. The van der Waals surface area contributed by atoms with Gasteiger partial charge in [-0.3, -0.25) is 14.7 Å². The Hall–Kier alpha value is -3.49. The number of hydrogen-bond acceptors (Lipinski definition) is 6. The van der Waals surface area contributed by atoms with E-state index >= 15 is 0 Å². The Morgan fingerprint density at radius 1 is 1.06 bits per heavy atom. The number of carbonyl (C=O) groups is 1. The van der Waals surface area contributed by atoms with E-state index in [0.29, 0.717) is 23.1 Å². The largest absolute Gasteiger partial charge is 0.481 e. The maximum Gasteiger partial charge on any atom is 0.272 e. The average Bonchev–Trinajstić information content (AvgIpc) is 3.27. The first-order valence-corrected chi connectivity index (χ1v) is 12.1. The molecule has 2 atom stereocenters. The molecule has 4 aromatic heterocycles. The predicted molar refractivity (Wildman–Crippen MR) is 132 cm³/mol. The quantitative estimate of drug-likeness (QED) is 0.423. The Labute approximate surface area is 208 Å². The van der Waals surface area contributed by atoms with Gasteiger partial charge in [0.05, 0.1) is 23.5 Å². The van der Waals surface area contributed by atoms with Crippen LogP contribution in [0.4, 0.5) is 0 Å². The van der Waals surface area contributed by atoms with Gasteiger partial charge in [0.2, 0.25) is 5.88 Å². The molecule has 0 aliphatic carbocycles. The number of hydrogen-bond donors (Lipinski definition) is 0. The molecule has 3 aliphatic heterocycles. The molecule has 0 aromatic carbocycles. The van der Waals surface area contributed by atoms with E-state index in [2.05, 4.69) is 19.3 Å². The second-order valence-electron chi connectivity index (χ2n) is 9.03. The van der Waals surface area contributed by atoms with Gasteiger partial charge >= 0.3 is 0 Å². The number of piperidine rings is 2. The van der Waals surface area contributed by atoms with Gasteiger partial charge in [-0.2, -0.15) is 0 Å². The average molecular weight is 489 g/mol. The van der Waals surface area contributed by atoms with Crippen LogP contribution in [0.1, 0.15) is 29.0 Å². The van der Waals surface area contributed by atoms with Crippen LogP contribution in [0.15, 0.2) is 60.9 Å². The lowest BCUT2D eigenvalue weighted by Crippen LogP contribution is -2.63. The highest BCUT2D eigenvalue weighted by molar-refractivity contribution is 6.30. The number of rotatable bonds is 5. The molecule has 7 heterocycles. The SMILES string of the molecule is COc1cccc(C(=O)N2CC3CCC2CN3Cc2c(-c3ccc(Cl)cn3)nc3ccccn23)n1. The zero-order valence-electron chi connectivity index (χ0n) is 19.3. The molecular formula is C26H25ClN6O2. The third-order valence-electron chi connectivity index (χ3n) is 7.01. The monoisotopic (exact) mass is 488 g/mol. The maximum absolute atomic E-state index is 13.3. The minimum atomic E-state index is -0.0286. The molecule has 8 nitrogen and oxygen atoms in total. The van der Waals surface area contributed by atoms with Crippen LogP contribution < -0.4 is 4.74 Å². The zero-order valence-corrected chi connectivity index (χ0v) is 20.1. The van der Waals surface area contributed by atoms with Crippen molar-refractivity contribution in [2.24, 2.45) is 0 Å². The molecule has 0 radical (unpaired) electrons. The highest BCUT2D eigenvalue weighted by Crippen LogP contribution is 2.33. The topological polar surface area (TPSA) is 75.9 Å². The number of piperazine rings is 1. The number of carbonyl (C=O) groups excluding carboxylic acids is 1. The van der Waals surface area contributed by atoms with Crippen LogP contribution >= 0.6 is 11.6 Å². The molecule has 7 rings (SSSR count). The first kappa shape index (κ1) is 22.0. The molecule has 1 amide bonds. The zero-order chi connectivity index (χ0) is 23.9. The van der Waals surface area contributed by atoms with Gasteiger partial charge in [-0.1, -0.05) is 23.7 Å². The van der Waals surface area contributed by atoms with Gasteiger partial charge in [0, 0.05) is 50.2 Å². The number of halogens is 1. The summed E-state index contributed by atoms with van der Waals surface area (Å²) < 4.78 is 7.34. The normalized spacial score (nSPS) is 19.9. The van der Waals surface area contributed by atoms with E-state index in [0.717, 1.165) is 48.7 Å². The van der Waals surface area contributed by atoms with Crippen LogP contribution in [-0.2, 0) is 6.54 Å². The van der Waals surface area contributed by atoms with Crippen LogP contribution in [0, 0.1) is 0 Å². The summed E-state index contributed by atoms with van der Waals surface area (Å²) in [5.41, 5.74) is 4.08. The van der Waals surface area contributed by atoms with E-state index in [4.69, 9.17) is 21.3 Å². The number of ether oxygens (including phenoxy) is 1. The Morgan fingerprint density at radius 2 is 1.94 bits per heavy atom. The lowest BCUT2D eigenvalue weighted by molar-refractivity contribution is -0.0162. The summed E-state index contributed by atoms with van der Waals surface area (Å²) in [5, 5.41) is 0.600. The molecule has 9 heteroatoms. The van der Waals surface area contributed by atoms with Crippen molar-refractivity contribution in [3.8, 4) is 17.3 Å². The van der Waals surface area contributed by atoms with Crippen molar-refractivity contribution >= 4 is 23.2 Å². The first-order valence-electron chi connectivity index (χ1n) is 11.7. The summed E-state index contributed by atoms with van der Waals surface area (Å²) in [7, 11) is 1.56. The predicted octanol–water partition coefficient (Wildman–Crippen LogP) is 3.94. The number of methoxy groups -OCH3 is 1. The van der Waals surface area contributed by atoms with Crippen molar-refractivity contribution in [3.63, 3.8) is 0 Å². The summed E-state index contributed by atoms with van der Waals surface area (Å²) >= 11 is 6.08. The lowest BCUT2D eigenvalue weighted by atomic mass is 9.90. The van der Waals surface area contributed by atoms with E-state index in [1.165, 1.54) is 0 Å². The Kier molecular flexibility index (Phi) is 5.62. The van der Waals surface area contributed by atoms with Crippen LogP contribution in [0.25, 0.3) is 17.0 Å². The molecule has 4 aromatic rings. The second kappa shape index (κ2) is 8.94. The Balaban J connectivity index is 1.27. The third kappa shape index (κ3) is 4.02. The number of fused-ring (bicyclic) bond motifs is 4. The number of pyridine rings is 3. The molecule has 3 saturated heterocycles. The molecule has 0 N–H and O–H groups in total. The van der Waals surface area contributed by atoms with Gasteiger partial charge in [-0.25, -0.2) is 9.97 Å². The van der Waals surface area contributed by atoms with E-state index in [1.54, 1.807) is 25.4 Å². The molecule has 2 unspecified atom stereocenters. The van der Waals surface area contributed by atoms with Crippen molar-refractivity contribution in [3.05, 3.63) is 77.3 Å². The fourth-order valence-electron chi connectivity index (χ4n) is 5.26. The van der Waals surface area contributed by atoms with Gasteiger partial charge in [0.25, 0.3) is 5.91 Å². The molecule has 2 bridgehead atoms. The van der Waals surface area contributed by atoms with E-state index in [1.807, 2.05) is 47.5 Å². The molecule has 35 heavy (non-hydrogen) atoms. The third-order valence-corrected chi connectivity index (χ3v) is 7.23. The van der Waals surface area contributed by atoms with Gasteiger partial charge < -0.3 is 14.0 Å². The molecule has 0 spiro atoms. The number of amides is 1. The maximum atomic E-state index is 13.3. The number of nitrogens with zero attached hydrogens (tertiary/aromatic N) is 6.